The number of nitrogens with one attached hydrogen (secondary N) is 1. The van der Waals surface area contributed by atoms with Crippen molar-refractivity contribution < 1.29 is 78.8 Å². The molecule has 0 aromatic carbocycles. The highest BCUT2D eigenvalue weighted by Gasteiger charge is 2.93. The summed E-state index contributed by atoms with van der Waals surface area (Å²) >= 11 is 0. The molecule has 21 heteroatoms. The second kappa shape index (κ2) is 8.50. The summed E-state index contributed by atoms with van der Waals surface area (Å²) in [5, 5.41) is 1.10. The van der Waals surface area contributed by atoms with Crippen molar-refractivity contribution in [1.29, 1.82) is 0 Å². The van der Waals surface area contributed by atoms with Crippen LogP contribution < -0.4 is 5.32 Å². The molecule has 0 heterocycles. The van der Waals surface area contributed by atoms with Crippen LogP contribution in [0.3, 0.4) is 0 Å². The molecule has 0 saturated heterocycles. The third-order valence-electron chi connectivity index (χ3n) is 3.25. The first kappa shape index (κ1) is 30.2. The van der Waals surface area contributed by atoms with Crippen LogP contribution in [-0.2, 0) is 9.15 Å². The molecular formula is C10H8F15NO3S2. The fourth-order valence-corrected chi connectivity index (χ4v) is 2.89. The number of alkyl halides is 15. The van der Waals surface area contributed by atoms with E-state index in [-0.39, 0.29) is 0 Å². The van der Waals surface area contributed by atoms with Gasteiger partial charge in [-0.15, -0.1) is 0 Å². The highest BCUT2D eigenvalue weighted by molar-refractivity contribution is 8.69. The molecule has 0 aromatic heterocycles. The average Bonchev–Trinajstić information content (AvgIpc) is 2.51. The summed E-state index contributed by atoms with van der Waals surface area (Å²) in [7, 11) is -5.19. The van der Waals surface area contributed by atoms with E-state index < -0.39 is 80.5 Å². The Labute approximate surface area is 165 Å². The van der Waals surface area contributed by atoms with E-state index in [9.17, 15) is 74.3 Å². The molecule has 0 radical (unpaired) electrons. The van der Waals surface area contributed by atoms with Gasteiger partial charge in [-0.2, -0.15) is 74.3 Å². The molecule has 0 aromatic rings. The van der Waals surface area contributed by atoms with Crippen LogP contribution >= 0.6 is 10.8 Å². The summed E-state index contributed by atoms with van der Waals surface area (Å²) in [6.07, 6.45) is -7.67. The smallest absolute Gasteiger partial charge is 0.310 e. The van der Waals surface area contributed by atoms with Crippen molar-refractivity contribution in [2.24, 2.45) is 0 Å². The van der Waals surface area contributed by atoms with Gasteiger partial charge in [0.25, 0.3) is 0 Å². The van der Waals surface area contributed by atoms with Gasteiger partial charge >= 0.3 is 50.9 Å². The molecule has 188 valence electrons. The second-order valence-electron chi connectivity index (χ2n) is 5.50. The Morgan fingerprint density at radius 3 is 1.35 bits per heavy atom. The van der Waals surface area contributed by atoms with Crippen LogP contribution in [0.2, 0.25) is 0 Å². The molecule has 0 rings (SSSR count). The lowest BCUT2D eigenvalue weighted by Gasteiger charge is -2.41. The van der Waals surface area contributed by atoms with Gasteiger partial charge in [0, 0.05) is 12.3 Å². The Bertz CT molecular complexity index is 734. The second-order valence-corrected chi connectivity index (χ2v) is 8.97. The first-order valence-electron chi connectivity index (χ1n) is 6.87. The van der Waals surface area contributed by atoms with Crippen molar-refractivity contribution in [2.75, 3.05) is 18.8 Å². The summed E-state index contributed by atoms with van der Waals surface area (Å²) in [4.78, 5) is 0. The highest BCUT2D eigenvalue weighted by Crippen LogP contribution is 2.62. The van der Waals surface area contributed by atoms with Gasteiger partial charge in [0.1, 0.15) is 0 Å². The van der Waals surface area contributed by atoms with Gasteiger partial charge < -0.3 is 5.32 Å². The van der Waals surface area contributed by atoms with Crippen LogP contribution in [0.15, 0.2) is 0 Å². The third-order valence-corrected chi connectivity index (χ3v) is 5.31. The Kier molecular flexibility index (Phi) is 8.28. The van der Waals surface area contributed by atoms with Gasteiger partial charge in [-0.1, -0.05) is 0 Å². The summed E-state index contributed by atoms with van der Waals surface area (Å²) in [6, 6.07) is 0. The molecular weight excluding hydrogens is 531 g/mol. The van der Waals surface area contributed by atoms with Crippen molar-refractivity contribution >= 4 is 19.9 Å². The first-order valence-corrected chi connectivity index (χ1v) is 9.81. The van der Waals surface area contributed by atoms with Crippen LogP contribution in [0.5, 0.6) is 0 Å². The number of hydrogen-bond acceptors (Lipinski definition) is 4. The van der Waals surface area contributed by atoms with E-state index in [2.05, 4.69) is 0 Å². The Morgan fingerprint density at radius 2 is 1.00 bits per heavy atom. The minimum atomic E-state index is -8.35. The fraction of sp³-hybridized carbons (Fsp3) is 1.00. The molecule has 0 unspecified atom stereocenters. The zero-order valence-corrected chi connectivity index (χ0v) is 15.5. The van der Waals surface area contributed by atoms with Gasteiger partial charge in [0.15, 0.2) is 0 Å². The number of halogens is 15. The largest absolute Gasteiger partial charge is 0.460 e. The fourth-order valence-electron chi connectivity index (χ4n) is 1.57. The average molecular weight is 539 g/mol. The Morgan fingerprint density at radius 1 is 0.645 bits per heavy atom. The van der Waals surface area contributed by atoms with Gasteiger partial charge in [-0.05, 0) is 10.8 Å². The van der Waals surface area contributed by atoms with E-state index in [1.54, 1.807) is 0 Å². The standard InChI is InChI=1S/C10H8F15NO3S2/c11-4(12,3-26-1-2-30-31(27,28)29)5(13,14)6(15,16)7(17,18)8(19,20)9(21,22)10(23,24)25/h26H,1-3H2,(H,27,28,29). The van der Waals surface area contributed by atoms with Crippen LogP contribution in [0.25, 0.3) is 0 Å². The van der Waals surface area contributed by atoms with Gasteiger partial charge in [0.05, 0.1) is 6.54 Å². The maximum atomic E-state index is 13.4. The summed E-state index contributed by atoms with van der Waals surface area (Å²) in [5.74, 6) is -47.9. The molecule has 0 aliphatic rings. The van der Waals surface area contributed by atoms with Crippen molar-refractivity contribution in [3.8, 4) is 0 Å². The van der Waals surface area contributed by atoms with E-state index in [0.717, 1.165) is 5.32 Å². The zero-order valence-electron chi connectivity index (χ0n) is 13.9. The summed E-state index contributed by atoms with van der Waals surface area (Å²) in [5.41, 5.74) is 0. The van der Waals surface area contributed by atoms with E-state index in [1.807, 2.05) is 0 Å². The molecule has 0 fully saturated rings. The molecule has 31 heavy (non-hydrogen) atoms. The molecule has 0 saturated carbocycles. The van der Waals surface area contributed by atoms with E-state index in [4.69, 9.17) is 4.55 Å². The topological polar surface area (TPSA) is 66.4 Å². The molecule has 0 aliphatic carbocycles. The third kappa shape index (κ3) is 5.40. The van der Waals surface area contributed by atoms with Gasteiger partial charge in [-0.25, -0.2) is 0 Å². The van der Waals surface area contributed by atoms with E-state index in [1.165, 1.54) is 0 Å². The van der Waals surface area contributed by atoms with Gasteiger partial charge in [-0.3, -0.25) is 4.55 Å². The minimum Gasteiger partial charge on any atom is -0.310 e. The van der Waals surface area contributed by atoms with Crippen molar-refractivity contribution in [3.63, 3.8) is 0 Å². The van der Waals surface area contributed by atoms with Crippen molar-refractivity contribution in [2.45, 2.75) is 41.7 Å². The lowest BCUT2D eigenvalue weighted by Crippen LogP contribution is -2.73. The number of rotatable bonds is 11. The Balaban J connectivity index is 5.88. The predicted molar refractivity (Wildman–Crippen MR) is 72.6 cm³/mol. The maximum Gasteiger partial charge on any atom is 0.460 e. The lowest BCUT2D eigenvalue weighted by atomic mass is 9.91. The summed E-state index contributed by atoms with van der Waals surface area (Å²) < 4.78 is 222. The molecule has 0 spiro atoms. The maximum absolute atomic E-state index is 13.4. The normalized spacial score (nSPS) is 16.0. The van der Waals surface area contributed by atoms with Gasteiger partial charge in [0.2, 0.25) is 0 Å². The van der Waals surface area contributed by atoms with E-state index >= 15 is 0 Å². The zero-order chi connectivity index (χ0) is 25.5. The molecule has 4 nitrogen and oxygen atoms in total. The van der Waals surface area contributed by atoms with Crippen LogP contribution in [0.1, 0.15) is 0 Å². The van der Waals surface area contributed by atoms with Crippen molar-refractivity contribution in [1.82, 2.24) is 5.32 Å². The number of hydrogen-bond donors (Lipinski definition) is 2. The minimum absolute atomic E-state index is 0.414. The molecule has 0 atom stereocenters. The Hall–Kier alpha value is -0.830. The SMILES string of the molecule is O=S(=O)(O)SCCNCC(F)(F)C(F)(F)C(F)(F)C(F)(F)C(F)(F)C(F)(F)C(F)(F)F. The predicted octanol–water partition coefficient (Wildman–Crippen LogP) is 4.49. The molecule has 0 bridgehead atoms. The van der Waals surface area contributed by atoms with Crippen molar-refractivity contribution in [3.05, 3.63) is 0 Å². The highest BCUT2D eigenvalue weighted by atomic mass is 33.1. The monoisotopic (exact) mass is 539 g/mol. The van der Waals surface area contributed by atoms with E-state index in [0.29, 0.717) is 0 Å². The molecule has 0 aliphatic heterocycles. The van der Waals surface area contributed by atoms with Crippen LogP contribution in [0, 0.1) is 0 Å². The molecule has 2 N–H and O–H groups in total. The lowest BCUT2D eigenvalue weighted by molar-refractivity contribution is -0.451. The van der Waals surface area contributed by atoms with Crippen LogP contribution in [0.4, 0.5) is 65.9 Å². The quantitative estimate of drug-likeness (QED) is 0.176. The summed E-state index contributed by atoms with van der Waals surface area (Å²) in [6.45, 7) is -3.90. The first-order chi connectivity index (χ1) is 13.2. The van der Waals surface area contributed by atoms with Crippen LogP contribution in [-0.4, -0.2) is 73.5 Å². The molecule has 0 amide bonds.